The maximum atomic E-state index is 12.9. The molecule has 4 nitrogen and oxygen atoms in total. The number of hydrogen-bond donors (Lipinski definition) is 1. The van der Waals surface area contributed by atoms with Gasteiger partial charge in [0.1, 0.15) is 17.2 Å². The molecule has 2 heterocycles. The summed E-state index contributed by atoms with van der Waals surface area (Å²) in [6.07, 6.45) is -2.75. The van der Waals surface area contributed by atoms with Gasteiger partial charge in [-0.25, -0.2) is 4.98 Å². The lowest BCUT2D eigenvalue weighted by Crippen LogP contribution is -2.14. The minimum Gasteiger partial charge on any atom is -0.306 e. The maximum Gasteiger partial charge on any atom is 0.416 e. The zero-order valence-electron chi connectivity index (χ0n) is 15.0. The van der Waals surface area contributed by atoms with Crippen LogP contribution >= 0.6 is 23.2 Å². The quantitative estimate of drug-likeness (QED) is 0.383. The van der Waals surface area contributed by atoms with Crippen LogP contribution < -0.4 is 5.32 Å². The van der Waals surface area contributed by atoms with Crippen LogP contribution in [0.3, 0.4) is 0 Å². The Morgan fingerprint density at radius 2 is 1.63 bits per heavy atom. The van der Waals surface area contributed by atoms with Gasteiger partial charge in [-0.15, -0.1) is 0 Å². The zero-order chi connectivity index (χ0) is 21.5. The number of hydrogen-bond acceptors (Lipinski definition) is 2. The molecule has 4 aromatic rings. The van der Waals surface area contributed by atoms with Crippen molar-refractivity contribution in [1.29, 1.82) is 0 Å². The van der Waals surface area contributed by atoms with Gasteiger partial charge in [-0.2, -0.15) is 13.2 Å². The minimum absolute atomic E-state index is 0.233. The number of aromatic nitrogens is 2. The number of halogens is 5. The lowest BCUT2D eigenvalue weighted by molar-refractivity contribution is -0.137. The first-order valence-electron chi connectivity index (χ1n) is 8.64. The van der Waals surface area contributed by atoms with Crippen LogP contribution in [0, 0.1) is 0 Å². The number of amides is 1. The van der Waals surface area contributed by atoms with Crippen LogP contribution in [0.25, 0.3) is 16.9 Å². The van der Waals surface area contributed by atoms with Crippen molar-refractivity contribution in [3.8, 4) is 11.3 Å². The van der Waals surface area contributed by atoms with Crippen molar-refractivity contribution in [3.63, 3.8) is 0 Å². The molecule has 0 fully saturated rings. The molecule has 0 unspecified atom stereocenters. The summed E-state index contributed by atoms with van der Waals surface area (Å²) in [5, 5.41) is 3.37. The molecule has 4 rings (SSSR count). The number of alkyl halides is 3. The fourth-order valence-electron chi connectivity index (χ4n) is 3.00. The molecule has 30 heavy (non-hydrogen) atoms. The summed E-state index contributed by atoms with van der Waals surface area (Å²) < 4.78 is 40.3. The van der Waals surface area contributed by atoms with Gasteiger partial charge in [-0.3, -0.25) is 9.20 Å². The number of nitrogens with zero attached hydrogens (tertiary/aromatic N) is 2. The highest BCUT2D eigenvalue weighted by Crippen LogP contribution is 2.33. The van der Waals surface area contributed by atoms with Gasteiger partial charge in [0.05, 0.1) is 5.56 Å². The van der Waals surface area contributed by atoms with Gasteiger partial charge in [0.15, 0.2) is 0 Å². The molecule has 2 aromatic carbocycles. The zero-order valence-corrected chi connectivity index (χ0v) is 16.6. The van der Waals surface area contributed by atoms with Crippen molar-refractivity contribution in [2.45, 2.75) is 6.18 Å². The molecule has 0 bridgehead atoms. The van der Waals surface area contributed by atoms with E-state index in [1.807, 2.05) is 0 Å². The summed E-state index contributed by atoms with van der Waals surface area (Å²) in [6, 6.07) is 14.2. The molecule has 0 spiro atoms. The number of rotatable bonds is 3. The van der Waals surface area contributed by atoms with Gasteiger partial charge >= 0.3 is 6.18 Å². The molecule has 0 radical (unpaired) electrons. The molecule has 0 aliphatic heterocycles. The van der Waals surface area contributed by atoms with Gasteiger partial charge < -0.3 is 5.32 Å². The maximum absolute atomic E-state index is 12.9. The Morgan fingerprint density at radius 3 is 2.27 bits per heavy atom. The van der Waals surface area contributed by atoms with Crippen molar-refractivity contribution in [3.05, 3.63) is 88.0 Å². The molecule has 0 saturated heterocycles. The SMILES string of the molecule is O=C(Nc1c(-c2ccc(C(F)(F)F)cc2)nc2ccccn12)c1cc(Cl)cc(Cl)c1. The van der Waals surface area contributed by atoms with Crippen molar-refractivity contribution in [1.82, 2.24) is 9.38 Å². The highest BCUT2D eigenvalue weighted by molar-refractivity contribution is 6.35. The summed E-state index contributed by atoms with van der Waals surface area (Å²) in [6.45, 7) is 0. The predicted octanol–water partition coefficient (Wildman–Crippen LogP) is 6.58. The molecule has 9 heteroatoms. The van der Waals surface area contributed by atoms with Crippen LogP contribution in [0.1, 0.15) is 15.9 Å². The van der Waals surface area contributed by atoms with E-state index in [1.165, 1.54) is 30.3 Å². The molecule has 1 N–H and O–H groups in total. The lowest BCUT2D eigenvalue weighted by Gasteiger charge is -2.10. The van der Waals surface area contributed by atoms with E-state index in [-0.39, 0.29) is 5.56 Å². The molecule has 0 saturated carbocycles. The van der Waals surface area contributed by atoms with E-state index in [1.54, 1.807) is 28.8 Å². The largest absolute Gasteiger partial charge is 0.416 e. The minimum atomic E-state index is -4.44. The molecular weight excluding hydrogens is 438 g/mol. The molecule has 0 aliphatic rings. The second-order valence-electron chi connectivity index (χ2n) is 6.43. The number of benzene rings is 2. The molecule has 1 amide bonds. The summed E-state index contributed by atoms with van der Waals surface area (Å²) >= 11 is 12.0. The van der Waals surface area contributed by atoms with Crippen LogP contribution in [0.15, 0.2) is 66.9 Å². The van der Waals surface area contributed by atoms with Crippen LogP contribution in [0.4, 0.5) is 19.0 Å². The third-order valence-corrected chi connectivity index (χ3v) is 4.81. The van der Waals surface area contributed by atoms with E-state index >= 15 is 0 Å². The number of anilines is 1. The second kappa shape index (κ2) is 7.66. The van der Waals surface area contributed by atoms with Crippen LogP contribution in [-0.4, -0.2) is 15.3 Å². The van der Waals surface area contributed by atoms with Gasteiger partial charge in [0.25, 0.3) is 5.91 Å². The van der Waals surface area contributed by atoms with Crippen molar-refractivity contribution in [2.75, 3.05) is 5.32 Å². The van der Waals surface area contributed by atoms with Gasteiger partial charge in [0.2, 0.25) is 0 Å². The topological polar surface area (TPSA) is 46.4 Å². The lowest BCUT2D eigenvalue weighted by atomic mass is 10.1. The Bertz CT molecular complexity index is 1230. The normalized spacial score (nSPS) is 11.6. The highest BCUT2D eigenvalue weighted by atomic mass is 35.5. The molecular formula is C21H12Cl2F3N3O. The van der Waals surface area contributed by atoms with E-state index in [0.29, 0.717) is 32.8 Å². The van der Waals surface area contributed by atoms with E-state index in [9.17, 15) is 18.0 Å². The van der Waals surface area contributed by atoms with Crippen molar-refractivity contribution >= 4 is 40.6 Å². The fourth-order valence-corrected chi connectivity index (χ4v) is 3.52. The van der Waals surface area contributed by atoms with Gasteiger partial charge in [-0.05, 0) is 42.5 Å². The van der Waals surface area contributed by atoms with E-state index in [4.69, 9.17) is 23.2 Å². The molecule has 0 atom stereocenters. The Hall–Kier alpha value is -3.03. The van der Waals surface area contributed by atoms with E-state index in [0.717, 1.165) is 12.1 Å². The number of carbonyl (C=O) groups is 1. The highest BCUT2D eigenvalue weighted by Gasteiger charge is 2.30. The van der Waals surface area contributed by atoms with E-state index in [2.05, 4.69) is 10.3 Å². The average molecular weight is 450 g/mol. The number of imidazole rings is 1. The first-order valence-corrected chi connectivity index (χ1v) is 9.40. The monoisotopic (exact) mass is 449 g/mol. The molecule has 152 valence electrons. The first-order chi connectivity index (χ1) is 14.2. The smallest absolute Gasteiger partial charge is 0.306 e. The summed E-state index contributed by atoms with van der Waals surface area (Å²) in [5.41, 5.74) is 0.736. The van der Waals surface area contributed by atoms with Crippen molar-refractivity contribution in [2.24, 2.45) is 0 Å². The van der Waals surface area contributed by atoms with Crippen LogP contribution in [0.2, 0.25) is 10.0 Å². The Labute approximate surface area is 178 Å². The van der Waals surface area contributed by atoms with Crippen LogP contribution in [0.5, 0.6) is 0 Å². The average Bonchev–Trinajstić information content (AvgIpc) is 3.05. The Balaban J connectivity index is 1.78. The standard InChI is InChI=1S/C21H12Cl2F3N3O/c22-15-9-13(10-16(23)11-15)20(30)28-19-18(27-17-3-1-2-8-29(17)19)12-4-6-14(7-5-12)21(24,25)26/h1-11H,(H,28,30). The van der Waals surface area contributed by atoms with Gasteiger partial charge in [0, 0.05) is 27.4 Å². The predicted molar refractivity (Wildman–Crippen MR) is 110 cm³/mol. The Kier molecular flexibility index (Phi) is 5.17. The molecule has 0 aliphatic carbocycles. The molecule has 2 aromatic heterocycles. The second-order valence-corrected chi connectivity index (χ2v) is 7.30. The fraction of sp³-hybridized carbons (Fsp3) is 0.0476. The number of pyridine rings is 1. The number of fused-ring (bicyclic) bond motifs is 1. The summed E-state index contributed by atoms with van der Waals surface area (Å²) in [5.74, 6) is -0.176. The first kappa shape index (κ1) is 20.3. The summed E-state index contributed by atoms with van der Waals surface area (Å²) in [4.78, 5) is 17.3. The number of carbonyl (C=O) groups excluding carboxylic acids is 1. The summed E-state index contributed by atoms with van der Waals surface area (Å²) in [7, 11) is 0. The third kappa shape index (κ3) is 3.99. The van der Waals surface area contributed by atoms with E-state index < -0.39 is 17.6 Å². The van der Waals surface area contributed by atoms with Crippen molar-refractivity contribution < 1.29 is 18.0 Å². The Morgan fingerprint density at radius 1 is 0.967 bits per heavy atom. The van der Waals surface area contributed by atoms with Crippen LogP contribution in [-0.2, 0) is 6.18 Å². The van der Waals surface area contributed by atoms with Gasteiger partial charge in [-0.1, -0.05) is 41.4 Å². The third-order valence-electron chi connectivity index (χ3n) is 4.37. The number of nitrogens with one attached hydrogen (secondary N) is 1.